The topological polar surface area (TPSA) is 72.7 Å². The highest BCUT2D eigenvalue weighted by Gasteiger charge is 2.02. The summed E-state index contributed by atoms with van der Waals surface area (Å²) in [6.07, 6.45) is 4.77. The molecule has 0 aliphatic heterocycles. The van der Waals surface area contributed by atoms with E-state index in [1.165, 1.54) is 10.8 Å². The number of aromatic nitrogens is 4. The molecule has 0 unspecified atom stereocenters. The van der Waals surface area contributed by atoms with E-state index in [-0.39, 0.29) is 5.02 Å². The van der Waals surface area contributed by atoms with Gasteiger partial charge in [0.25, 0.3) is 5.56 Å². The fraction of sp³-hybridized carbons (Fsp3) is 0.222. The third-order valence-corrected chi connectivity index (χ3v) is 2.37. The molecule has 1 N–H and O–H groups in total. The van der Waals surface area contributed by atoms with E-state index in [0.29, 0.717) is 13.1 Å². The number of hydrogen-bond acceptors (Lipinski definition) is 3. The van der Waals surface area contributed by atoms with Gasteiger partial charge in [0.2, 0.25) is 0 Å². The predicted molar refractivity (Wildman–Crippen MR) is 58.6 cm³/mol. The van der Waals surface area contributed by atoms with Crippen molar-refractivity contribution < 1.29 is 0 Å². The zero-order chi connectivity index (χ0) is 11.5. The van der Waals surface area contributed by atoms with E-state index in [4.69, 9.17) is 11.6 Å². The largest absolute Gasteiger partial charge is 0.328 e. The average Bonchev–Trinajstić information content (AvgIpc) is 2.74. The van der Waals surface area contributed by atoms with Crippen LogP contribution in [0.4, 0.5) is 0 Å². The number of rotatable bonds is 3. The third-order valence-electron chi connectivity index (χ3n) is 2.10. The molecule has 0 saturated carbocycles. The molecular weight excluding hydrogens is 232 g/mol. The summed E-state index contributed by atoms with van der Waals surface area (Å²) in [5, 5.41) is 4.00. The molecule has 0 spiro atoms. The first kappa shape index (κ1) is 10.7. The Hall–Kier alpha value is -1.82. The molecule has 2 heterocycles. The smallest absolute Gasteiger partial charge is 0.297 e. The minimum atomic E-state index is -0.568. The van der Waals surface area contributed by atoms with Crippen LogP contribution in [0.5, 0.6) is 0 Å². The molecule has 2 aromatic heterocycles. The zero-order valence-electron chi connectivity index (χ0n) is 8.26. The van der Waals surface area contributed by atoms with Crippen molar-refractivity contribution in [2.24, 2.45) is 0 Å². The quantitative estimate of drug-likeness (QED) is 0.826. The van der Waals surface area contributed by atoms with Crippen LogP contribution in [0.25, 0.3) is 0 Å². The van der Waals surface area contributed by atoms with Gasteiger partial charge in [0, 0.05) is 25.1 Å². The summed E-state index contributed by atoms with van der Waals surface area (Å²) < 4.78 is 3.02. The Morgan fingerprint density at radius 2 is 2.19 bits per heavy atom. The van der Waals surface area contributed by atoms with E-state index in [0.717, 1.165) is 0 Å². The molecule has 0 aliphatic carbocycles. The summed E-state index contributed by atoms with van der Waals surface area (Å²) in [4.78, 5) is 24.5. The summed E-state index contributed by atoms with van der Waals surface area (Å²) in [5.41, 5.74) is -1.04. The van der Waals surface area contributed by atoms with Gasteiger partial charge in [-0.1, -0.05) is 11.6 Å². The van der Waals surface area contributed by atoms with Crippen molar-refractivity contribution in [3.63, 3.8) is 0 Å². The lowest BCUT2D eigenvalue weighted by Crippen LogP contribution is -2.30. The Morgan fingerprint density at radius 1 is 1.38 bits per heavy atom. The highest BCUT2D eigenvalue weighted by Crippen LogP contribution is 1.96. The summed E-state index contributed by atoms with van der Waals surface area (Å²) in [6, 6.07) is 1.79. The fourth-order valence-corrected chi connectivity index (χ4v) is 1.46. The highest BCUT2D eigenvalue weighted by atomic mass is 35.5. The maximum absolute atomic E-state index is 11.4. The van der Waals surface area contributed by atoms with Crippen LogP contribution in [0.1, 0.15) is 0 Å². The van der Waals surface area contributed by atoms with Crippen LogP contribution in [0.2, 0.25) is 5.02 Å². The second kappa shape index (κ2) is 4.36. The molecule has 0 bridgehead atoms. The van der Waals surface area contributed by atoms with Crippen LogP contribution in [-0.2, 0) is 13.1 Å². The number of halogens is 1. The van der Waals surface area contributed by atoms with Gasteiger partial charge in [0.1, 0.15) is 5.02 Å². The van der Waals surface area contributed by atoms with Crippen molar-refractivity contribution in [1.29, 1.82) is 0 Å². The Morgan fingerprint density at radius 3 is 2.88 bits per heavy atom. The molecular formula is C9H9ClN4O2. The lowest BCUT2D eigenvalue weighted by molar-refractivity contribution is 0.516. The molecule has 0 aromatic carbocycles. The normalized spacial score (nSPS) is 10.6. The molecule has 0 amide bonds. The molecule has 0 saturated heterocycles. The second-order valence-corrected chi connectivity index (χ2v) is 3.61. The number of hydrogen-bond donors (Lipinski definition) is 1. The summed E-state index contributed by atoms with van der Waals surface area (Å²) in [6.45, 7) is 0.937. The van der Waals surface area contributed by atoms with Gasteiger partial charge in [-0.15, -0.1) is 0 Å². The lowest BCUT2D eigenvalue weighted by Gasteiger charge is -2.05. The van der Waals surface area contributed by atoms with Crippen molar-refractivity contribution in [2.45, 2.75) is 13.1 Å². The Bertz CT molecular complexity index is 584. The molecule has 0 fully saturated rings. The summed E-state index contributed by atoms with van der Waals surface area (Å²) in [7, 11) is 0. The van der Waals surface area contributed by atoms with Crippen molar-refractivity contribution in [3.8, 4) is 0 Å². The van der Waals surface area contributed by atoms with Gasteiger partial charge in [0.15, 0.2) is 0 Å². The van der Waals surface area contributed by atoms with Gasteiger partial charge in [-0.05, 0) is 6.07 Å². The number of H-pyrrole nitrogens is 1. The summed E-state index contributed by atoms with van der Waals surface area (Å²) in [5.74, 6) is 0. The Balaban J connectivity index is 2.19. The third kappa shape index (κ3) is 2.22. The van der Waals surface area contributed by atoms with Gasteiger partial charge < -0.3 is 0 Å². The molecule has 0 aliphatic rings. The van der Waals surface area contributed by atoms with E-state index in [1.807, 2.05) is 0 Å². The Kier molecular flexibility index (Phi) is 2.91. The van der Waals surface area contributed by atoms with E-state index in [2.05, 4.69) is 10.1 Å². The van der Waals surface area contributed by atoms with Crippen LogP contribution in [0.15, 0.2) is 34.2 Å². The summed E-state index contributed by atoms with van der Waals surface area (Å²) >= 11 is 5.62. The second-order valence-electron chi connectivity index (χ2n) is 3.20. The first-order valence-corrected chi connectivity index (χ1v) is 5.01. The first-order chi connectivity index (χ1) is 7.66. The molecule has 7 heteroatoms. The van der Waals surface area contributed by atoms with Crippen LogP contribution in [-0.4, -0.2) is 19.3 Å². The SMILES string of the molecule is O=c1[nH]c(=O)n(CCn2cccn2)cc1Cl. The van der Waals surface area contributed by atoms with Crippen LogP contribution >= 0.6 is 11.6 Å². The van der Waals surface area contributed by atoms with Crippen molar-refractivity contribution in [1.82, 2.24) is 19.3 Å². The molecule has 6 nitrogen and oxygen atoms in total. The van der Waals surface area contributed by atoms with Crippen LogP contribution in [0.3, 0.4) is 0 Å². The standard InChI is InChI=1S/C9H9ClN4O2/c10-7-6-13(9(16)12-8(7)15)4-5-14-3-1-2-11-14/h1-3,6H,4-5H2,(H,12,15,16). The number of nitrogens with one attached hydrogen (secondary N) is 1. The minimum absolute atomic E-state index is 0.0000605. The predicted octanol–water partition coefficient (Wildman–Crippen LogP) is 0.0867. The van der Waals surface area contributed by atoms with E-state index < -0.39 is 11.2 Å². The molecule has 2 aromatic rings. The lowest BCUT2D eigenvalue weighted by atomic mass is 10.5. The van der Waals surface area contributed by atoms with Crippen molar-refractivity contribution in [3.05, 3.63) is 50.5 Å². The number of aromatic amines is 1. The zero-order valence-corrected chi connectivity index (χ0v) is 9.02. The number of aryl methyl sites for hydroxylation is 2. The first-order valence-electron chi connectivity index (χ1n) is 4.63. The molecule has 2 rings (SSSR count). The van der Waals surface area contributed by atoms with E-state index in [9.17, 15) is 9.59 Å². The Labute approximate surface area is 95.1 Å². The number of nitrogens with zero attached hydrogens (tertiary/aromatic N) is 3. The fourth-order valence-electron chi connectivity index (χ4n) is 1.29. The maximum Gasteiger partial charge on any atom is 0.328 e. The average molecular weight is 241 g/mol. The van der Waals surface area contributed by atoms with Crippen LogP contribution < -0.4 is 11.2 Å². The van der Waals surface area contributed by atoms with Crippen molar-refractivity contribution >= 4 is 11.6 Å². The highest BCUT2D eigenvalue weighted by molar-refractivity contribution is 6.30. The van der Waals surface area contributed by atoms with Crippen molar-refractivity contribution in [2.75, 3.05) is 0 Å². The molecule has 0 radical (unpaired) electrons. The van der Waals surface area contributed by atoms with E-state index >= 15 is 0 Å². The van der Waals surface area contributed by atoms with Gasteiger partial charge in [-0.2, -0.15) is 5.10 Å². The minimum Gasteiger partial charge on any atom is -0.297 e. The molecule has 84 valence electrons. The maximum atomic E-state index is 11.4. The molecule has 16 heavy (non-hydrogen) atoms. The van der Waals surface area contributed by atoms with Crippen LogP contribution in [0, 0.1) is 0 Å². The van der Waals surface area contributed by atoms with Gasteiger partial charge in [0.05, 0.1) is 6.54 Å². The molecule has 0 atom stereocenters. The van der Waals surface area contributed by atoms with Gasteiger partial charge in [-0.25, -0.2) is 4.79 Å². The van der Waals surface area contributed by atoms with Gasteiger partial charge in [-0.3, -0.25) is 19.0 Å². The van der Waals surface area contributed by atoms with E-state index in [1.54, 1.807) is 23.1 Å². The monoisotopic (exact) mass is 240 g/mol. The van der Waals surface area contributed by atoms with Gasteiger partial charge >= 0.3 is 5.69 Å².